The van der Waals surface area contributed by atoms with Crippen molar-refractivity contribution in [2.45, 2.75) is 37.2 Å². The Hall–Kier alpha value is -1.70. The van der Waals surface area contributed by atoms with Crippen LogP contribution in [-0.4, -0.2) is 32.8 Å². The Morgan fingerprint density at radius 2 is 1.87 bits per heavy atom. The van der Waals surface area contributed by atoms with Crippen molar-refractivity contribution in [1.82, 2.24) is 9.88 Å². The second-order valence-corrected chi connectivity index (χ2v) is 7.69. The molecule has 2 aromatic rings. The SMILES string of the molecule is COC1(CNS(=O)(=O)c2c(C)noc2C)Cc2ccccc2C1. The van der Waals surface area contributed by atoms with E-state index in [-0.39, 0.29) is 17.2 Å². The number of aryl methyl sites for hydroxylation is 2. The molecule has 1 heterocycles. The third-order valence-electron chi connectivity index (χ3n) is 4.40. The van der Waals surface area contributed by atoms with Gasteiger partial charge in [0.2, 0.25) is 10.0 Å². The highest BCUT2D eigenvalue weighted by Crippen LogP contribution is 2.32. The van der Waals surface area contributed by atoms with E-state index < -0.39 is 15.6 Å². The molecule has 124 valence electrons. The topological polar surface area (TPSA) is 81.4 Å². The zero-order valence-electron chi connectivity index (χ0n) is 13.4. The molecule has 0 amide bonds. The molecule has 0 fully saturated rings. The summed E-state index contributed by atoms with van der Waals surface area (Å²) in [6.07, 6.45) is 1.37. The van der Waals surface area contributed by atoms with E-state index in [0.717, 1.165) is 0 Å². The molecule has 0 bridgehead atoms. The fourth-order valence-electron chi connectivity index (χ4n) is 3.16. The van der Waals surface area contributed by atoms with Crippen LogP contribution in [0.15, 0.2) is 33.7 Å². The lowest BCUT2D eigenvalue weighted by Crippen LogP contribution is -2.45. The molecule has 1 aromatic heterocycles. The summed E-state index contributed by atoms with van der Waals surface area (Å²) in [6, 6.07) is 8.08. The molecule has 1 N–H and O–H groups in total. The highest BCUT2D eigenvalue weighted by atomic mass is 32.2. The summed E-state index contributed by atoms with van der Waals surface area (Å²) in [4.78, 5) is 0.110. The van der Waals surface area contributed by atoms with Crippen LogP contribution in [0.25, 0.3) is 0 Å². The number of nitrogens with one attached hydrogen (secondary N) is 1. The predicted octanol–water partition coefficient (Wildman–Crippen LogP) is 1.75. The number of benzene rings is 1. The maximum atomic E-state index is 12.6. The van der Waals surface area contributed by atoms with E-state index in [2.05, 4.69) is 22.0 Å². The summed E-state index contributed by atoms with van der Waals surface area (Å²) >= 11 is 0. The second kappa shape index (κ2) is 5.74. The van der Waals surface area contributed by atoms with Crippen LogP contribution in [0.4, 0.5) is 0 Å². The van der Waals surface area contributed by atoms with Gasteiger partial charge in [-0.1, -0.05) is 29.4 Å². The summed E-state index contributed by atoms with van der Waals surface area (Å²) < 4.78 is 38.4. The summed E-state index contributed by atoms with van der Waals surface area (Å²) in [6.45, 7) is 3.40. The van der Waals surface area contributed by atoms with E-state index in [9.17, 15) is 8.42 Å². The molecular weight excluding hydrogens is 316 g/mol. The van der Waals surface area contributed by atoms with Crippen molar-refractivity contribution in [3.63, 3.8) is 0 Å². The Kier molecular flexibility index (Phi) is 4.03. The van der Waals surface area contributed by atoms with Crippen molar-refractivity contribution in [3.05, 3.63) is 46.8 Å². The van der Waals surface area contributed by atoms with Crippen molar-refractivity contribution in [1.29, 1.82) is 0 Å². The summed E-state index contributed by atoms with van der Waals surface area (Å²) in [5.41, 5.74) is 2.20. The van der Waals surface area contributed by atoms with E-state index in [0.29, 0.717) is 18.5 Å². The fourth-order valence-corrected chi connectivity index (χ4v) is 4.60. The Balaban J connectivity index is 1.80. The predicted molar refractivity (Wildman–Crippen MR) is 84.8 cm³/mol. The minimum Gasteiger partial charge on any atom is -0.376 e. The van der Waals surface area contributed by atoms with Gasteiger partial charge < -0.3 is 9.26 Å². The number of sulfonamides is 1. The van der Waals surface area contributed by atoms with Crippen LogP contribution < -0.4 is 4.72 Å². The zero-order chi connectivity index (χ0) is 16.7. The molecule has 0 atom stereocenters. The van der Waals surface area contributed by atoms with Crippen LogP contribution in [0, 0.1) is 13.8 Å². The number of fused-ring (bicyclic) bond motifs is 1. The monoisotopic (exact) mass is 336 g/mol. The van der Waals surface area contributed by atoms with Crippen LogP contribution in [0.1, 0.15) is 22.6 Å². The molecule has 3 rings (SSSR count). The van der Waals surface area contributed by atoms with Crippen LogP contribution in [0.3, 0.4) is 0 Å². The largest absolute Gasteiger partial charge is 0.376 e. The average molecular weight is 336 g/mol. The first kappa shape index (κ1) is 16.2. The van der Waals surface area contributed by atoms with Crippen molar-refractivity contribution in [2.75, 3.05) is 13.7 Å². The number of methoxy groups -OCH3 is 1. The third-order valence-corrected chi connectivity index (χ3v) is 6.04. The first-order valence-electron chi connectivity index (χ1n) is 7.41. The molecule has 0 spiro atoms. The van der Waals surface area contributed by atoms with Gasteiger partial charge in [0.25, 0.3) is 0 Å². The van der Waals surface area contributed by atoms with Gasteiger partial charge in [-0.05, 0) is 25.0 Å². The van der Waals surface area contributed by atoms with Gasteiger partial charge in [-0.2, -0.15) is 0 Å². The Morgan fingerprint density at radius 1 is 1.26 bits per heavy atom. The molecule has 0 aliphatic heterocycles. The Morgan fingerprint density at radius 3 is 2.35 bits per heavy atom. The molecule has 1 aromatic carbocycles. The third kappa shape index (κ3) is 2.91. The molecule has 0 saturated heterocycles. The lowest BCUT2D eigenvalue weighted by Gasteiger charge is -2.27. The number of rotatable bonds is 5. The number of ether oxygens (including phenoxy) is 1. The van der Waals surface area contributed by atoms with Gasteiger partial charge in [-0.15, -0.1) is 0 Å². The van der Waals surface area contributed by atoms with Crippen molar-refractivity contribution >= 4 is 10.0 Å². The van der Waals surface area contributed by atoms with E-state index in [1.807, 2.05) is 12.1 Å². The first-order chi connectivity index (χ1) is 10.9. The minimum absolute atomic E-state index is 0.110. The molecule has 1 aliphatic carbocycles. The number of aromatic nitrogens is 1. The van der Waals surface area contributed by atoms with Gasteiger partial charge in [0.05, 0.1) is 5.60 Å². The highest BCUT2D eigenvalue weighted by Gasteiger charge is 2.39. The Labute approximate surface area is 135 Å². The smallest absolute Gasteiger partial charge is 0.246 e. The zero-order valence-corrected chi connectivity index (χ0v) is 14.2. The molecule has 1 aliphatic rings. The van der Waals surface area contributed by atoms with Gasteiger partial charge in [-0.25, -0.2) is 13.1 Å². The highest BCUT2D eigenvalue weighted by molar-refractivity contribution is 7.89. The quantitative estimate of drug-likeness (QED) is 0.900. The van der Waals surface area contributed by atoms with Gasteiger partial charge >= 0.3 is 0 Å². The standard InChI is InChI=1S/C16H20N2O4S/c1-11-15(12(2)22-18-11)23(19,20)17-10-16(21-3)8-13-6-4-5-7-14(13)9-16/h4-7,17H,8-10H2,1-3H3. The van der Waals surface area contributed by atoms with Crippen LogP contribution in [0.5, 0.6) is 0 Å². The Bertz CT molecular complexity index is 782. The maximum absolute atomic E-state index is 12.6. The first-order valence-corrected chi connectivity index (χ1v) is 8.90. The number of hydrogen-bond acceptors (Lipinski definition) is 5. The molecular formula is C16H20N2O4S. The number of nitrogens with zero attached hydrogens (tertiary/aromatic N) is 1. The van der Waals surface area contributed by atoms with Crippen LogP contribution in [-0.2, 0) is 27.6 Å². The van der Waals surface area contributed by atoms with Crippen molar-refractivity contribution in [3.8, 4) is 0 Å². The summed E-state index contributed by atoms with van der Waals surface area (Å²) in [5, 5.41) is 3.71. The van der Waals surface area contributed by atoms with Crippen LogP contribution >= 0.6 is 0 Å². The average Bonchev–Trinajstić information content (AvgIpc) is 3.06. The van der Waals surface area contributed by atoms with Gasteiger partial charge in [0.15, 0.2) is 5.76 Å². The van der Waals surface area contributed by atoms with Gasteiger partial charge in [0.1, 0.15) is 10.6 Å². The van der Waals surface area contributed by atoms with Crippen molar-refractivity contribution < 1.29 is 17.7 Å². The summed E-state index contributed by atoms with van der Waals surface area (Å²) in [5.74, 6) is 0.288. The lowest BCUT2D eigenvalue weighted by atomic mass is 10.0. The van der Waals surface area contributed by atoms with Gasteiger partial charge in [-0.3, -0.25) is 0 Å². The molecule has 0 radical (unpaired) electrons. The van der Waals surface area contributed by atoms with E-state index in [4.69, 9.17) is 9.26 Å². The van der Waals surface area contributed by atoms with E-state index >= 15 is 0 Å². The normalized spacial score (nSPS) is 16.5. The van der Waals surface area contributed by atoms with E-state index in [1.54, 1.807) is 21.0 Å². The van der Waals surface area contributed by atoms with Gasteiger partial charge in [0, 0.05) is 26.5 Å². The molecule has 0 unspecified atom stereocenters. The minimum atomic E-state index is -3.69. The number of hydrogen-bond donors (Lipinski definition) is 1. The second-order valence-electron chi connectivity index (χ2n) is 5.99. The molecule has 6 nitrogen and oxygen atoms in total. The molecule has 23 heavy (non-hydrogen) atoms. The van der Waals surface area contributed by atoms with Crippen LogP contribution in [0.2, 0.25) is 0 Å². The van der Waals surface area contributed by atoms with Crippen molar-refractivity contribution in [2.24, 2.45) is 0 Å². The lowest BCUT2D eigenvalue weighted by molar-refractivity contribution is 0.00377. The molecule has 0 saturated carbocycles. The summed E-state index contributed by atoms with van der Waals surface area (Å²) in [7, 11) is -2.07. The fraction of sp³-hybridized carbons (Fsp3) is 0.438. The maximum Gasteiger partial charge on any atom is 0.246 e. The van der Waals surface area contributed by atoms with E-state index in [1.165, 1.54) is 11.1 Å². The molecule has 7 heteroatoms.